The molecule has 1 atom stereocenters. The molecule has 0 spiro atoms. The molecule has 0 fully saturated rings. The molecule has 0 aliphatic rings. The fourth-order valence-corrected chi connectivity index (χ4v) is 1.14. The van der Waals surface area contributed by atoms with Gasteiger partial charge in [0.15, 0.2) is 0 Å². The van der Waals surface area contributed by atoms with Crippen molar-refractivity contribution < 1.29 is 9.53 Å². The molecule has 0 N–H and O–H groups in total. The second kappa shape index (κ2) is 4.72. The van der Waals surface area contributed by atoms with Crippen LogP contribution in [0.4, 0.5) is 0 Å². The van der Waals surface area contributed by atoms with Crippen LogP contribution in [0.1, 0.15) is 10.4 Å². The second-order valence-corrected chi connectivity index (χ2v) is 2.92. The molecule has 0 heterocycles. The van der Waals surface area contributed by atoms with E-state index in [4.69, 9.17) is 16.3 Å². The van der Waals surface area contributed by atoms with Crippen molar-refractivity contribution >= 4 is 17.4 Å². The van der Waals surface area contributed by atoms with Crippen molar-refractivity contribution in [2.75, 3.05) is 7.11 Å². The lowest BCUT2D eigenvalue weighted by Crippen LogP contribution is -2.12. The van der Waals surface area contributed by atoms with Gasteiger partial charge in [0.1, 0.15) is 5.75 Å². The number of benzene rings is 1. The number of ether oxygens (including phenoxy) is 1. The zero-order valence-electron chi connectivity index (χ0n) is 7.44. The van der Waals surface area contributed by atoms with Crippen molar-refractivity contribution in [2.24, 2.45) is 5.18 Å². The smallest absolute Gasteiger partial charge is 0.227 e. The Labute approximate surface area is 85.8 Å². The Balaban J connectivity index is 3.05. The molecule has 0 bridgehead atoms. The van der Waals surface area contributed by atoms with Crippen molar-refractivity contribution in [3.63, 3.8) is 0 Å². The first-order valence-corrected chi connectivity index (χ1v) is 4.28. The second-order valence-electron chi connectivity index (χ2n) is 2.51. The van der Waals surface area contributed by atoms with Crippen LogP contribution in [0.5, 0.6) is 5.75 Å². The number of carbonyl (C=O) groups is 1. The number of rotatable bonds is 4. The van der Waals surface area contributed by atoms with Crippen molar-refractivity contribution in [2.45, 2.75) is 5.50 Å². The predicted molar refractivity (Wildman–Crippen MR) is 52.8 cm³/mol. The van der Waals surface area contributed by atoms with E-state index in [0.29, 0.717) is 5.75 Å². The van der Waals surface area contributed by atoms with E-state index in [9.17, 15) is 9.70 Å². The summed E-state index contributed by atoms with van der Waals surface area (Å²) in [6.07, 6.45) is 0. The molecular weight excluding hydrogens is 206 g/mol. The van der Waals surface area contributed by atoms with Crippen LogP contribution in [0.3, 0.4) is 0 Å². The van der Waals surface area contributed by atoms with Gasteiger partial charge in [-0.3, -0.25) is 4.79 Å². The van der Waals surface area contributed by atoms with Crippen molar-refractivity contribution in [3.05, 3.63) is 34.7 Å². The van der Waals surface area contributed by atoms with Gasteiger partial charge < -0.3 is 4.74 Å². The molecule has 14 heavy (non-hydrogen) atoms. The Kier molecular flexibility index (Phi) is 3.59. The monoisotopic (exact) mass is 213 g/mol. The molecule has 74 valence electrons. The molecule has 0 radical (unpaired) electrons. The summed E-state index contributed by atoms with van der Waals surface area (Å²) in [4.78, 5) is 21.5. The summed E-state index contributed by atoms with van der Waals surface area (Å²) in [6.45, 7) is 0. The van der Waals surface area contributed by atoms with Gasteiger partial charge in [0.25, 0.3) is 0 Å². The standard InChI is InChI=1S/C9H8ClNO3/c1-14-7-5-3-2-4-6(7)8(12)9(10)11-13/h2-5,9H,1H3. The number of alkyl halides is 1. The van der Waals surface area contributed by atoms with Gasteiger partial charge >= 0.3 is 0 Å². The number of hydrogen-bond donors (Lipinski definition) is 0. The molecule has 0 saturated carbocycles. The van der Waals surface area contributed by atoms with Gasteiger partial charge in [0.2, 0.25) is 11.3 Å². The van der Waals surface area contributed by atoms with Crippen molar-refractivity contribution in [3.8, 4) is 5.75 Å². The SMILES string of the molecule is COc1ccccc1C(=O)C(Cl)N=O. The van der Waals surface area contributed by atoms with Crippen LogP contribution in [-0.4, -0.2) is 18.4 Å². The molecule has 0 saturated heterocycles. The molecule has 0 aliphatic carbocycles. The Hall–Kier alpha value is -1.42. The normalized spacial score (nSPS) is 11.9. The summed E-state index contributed by atoms with van der Waals surface area (Å²) >= 11 is 5.39. The number of hydrogen-bond acceptors (Lipinski definition) is 4. The van der Waals surface area contributed by atoms with Gasteiger partial charge in [-0.05, 0) is 17.3 Å². The average molecular weight is 214 g/mol. The molecule has 1 aromatic carbocycles. The summed E-state index contributed by atoms with van der Waals surface area (Å²) in [6, 6.07) is 6.51. The van der Waals surface area contributed by atoms with Crippen LogP contribution >= 0.6 is 11.6 Å². The van der Waals surface area contributed by atoms with Crippen LogP contribution in [0.2, 0.25) is 0 Å². The van der Waals surface area contributed by atoms with Crippen LogP contribution in [-0.2, 0) is 0 Å². The number of methoxy groups -OCH3 is 1. The summed E-state index contributed by atoms with van der Waals surface area (Å²) in [5.74, 6) is -0.175. The van der Waals surface area contributed by atoms with E-state index in [0.717, 1.165) is 0 Å². The minimum Gasteiger partial charge on any atom is -0.496 e. The summed E-state index contributed by atoms with van der Waals surface area (Å²) in [7, 11) is 1.43. The zero-order valence-corrected chi connectivity index (χ0v) is 8.19. The van der Waals surface area contributed by atoms with Gasteiger partial charge in [-0.2, -0.15) is 0 Å². The van der Waals surface area contributed by atoms with E-state index in [2.05, 4.69) is 5.18 Å². The first-order valence-electron chi connectivity index (χ1n) is 3.84. The van der Waals surface area contributed by atoms with Crippen LogP contribution in [0.25, 0.3) is 0 Å². The van der Waals surface area contributed by atoms with Gasteiger partial charge in [-0.25, -0.2) is 0 Å². The van der Waals surface area contributed by atoms with Gasteiger partial charge in [0.05, 0.1) is 12.7 Å². The van der Waals surface area contributed by atoms with E-state index in [1.807, 2.05) is 0 Å². The predicted octanol–water partition coefficient (Wildman–Crippen LogP) is 2.21. The Morgan fingerprint density at radius 2 is 2.14 bits per heavy atom. The van der Waals surface area contributed by atoms with E-state index in [1.54, 1.807) is 18.2 Å². The number of Topliss-reactive ketones (excluding diaryl/α,β-unsaturated/α-hetero) is 1. The minimum atomic E-state index is -1.40. The highest BCUT2D eigenvalue weighted by atomic mass is 35.5. The van der Waals surface area contributed by atoms with Crippen molar-refractivity contribution in [1.29, 1.82) is 0 Å². The highest BCUT2D eigenvalue weighted by Gasteiger charge is 2.20. The summed E-state index contributed by atoms with van der Waals surface area (Å²) < 4.78 is 4.94. The first kappa shape index (κ1) is 10.7. The first-order chi connectivity index (χ1) is 6.70. The van der Waals surface area contributed by atoms with Crippen LogP contribution in [0, 0.1) is 4.91 Å². The van der Waals surface area contributed by atoms with E-state index in [1.165, 1.54) is 13.2 Å². The maximum Gasteiger partial charge on any atom is 0.227 e. The number of halogens is 1. The molecular formula is C9H8ClNO3. The minimum absolute atomic E-state index is 0.259. The number of nitrogens with zero attached hydrogens (tertiary/aromatic N) is 1. The van der Waals surface area contributed by atoms with Crippen LogP contribution in [0.15, 0.2) is 29.4 Å². The molecule has 4 nitrogen and oxygen atoms in total. The third-order valence-electron chi connectivity index (χ3n) is 1.68. The maximum atomic E-state index is 11.4. The zero-order chi connectivity index (χ0) is 10.6. The molecule has 5 heteroatoms. The Bertz CT molecular complexity index is 354. The fraction of sp³-hybridized carbons (Fsp3) is 0.222. The third kappa shape index (κ3) is 2.09. The summed E-state index contributed by atoms with van der Waals surface area (Å²) in [5.41, 5.74) is -1.14. The number of ketones is 1. The molecule has 0 amide bonds. The molecule has 0 aliphatic heterocycles. The Morgan fingerprint density at radius 3 is 2.71 bits per heavy atom. The average Bonchev–Trinajstić information content (AvgIpc) is 2.26. The lowest BCUT2D eigenvalue weighted by Gasteiger charge is -2.06. The van der Waals surface area contributed by atoms with Crippen molar-refractivity contribution in [1.82, 2.24) is 0 Å². The van der Waals surface area contributed by atoms with Gasteiger partial charge in [0, 0.05) is 0 Å². The maximum absolute atomic E-state index is 11.4. The number of para-hydroxylation sites is 1. The highest BCUT2D eigenvalue weighted by molar-refractivity contribution is 6.34. The molecule has 0 aromatic heterocycles. The molecule has 1 aromatic rings. The van der Waals surface area contributed by atoms with Crippen LogP contribution < -0.4 is 4.74 Å². The number of carbonyl (C=O) groups excluding carboxylic acids is 1. The molecule has 1 unspecified atom stereocenters. The van der Waals surface area contributed by atoms with E-state index in [-0.39, 0.29) is 5.56 Å². The summed E-state index contributed by atoms with van der Waals surface area (Å²) in [5, 5.41) is 2.45. The van der Waals surface area contributed by atoms with Gasteiger partial charge in [-0.1, -0.05) is 23.7 Å². The highest BCUT2D eigenvalue weighted by Crippen LogP contribution is 2.20. The number of nitroso groups, excluding NO2 is 1. The largest absolute Gasteiger partial charge is 0.496 e. The third-order valence-corrected chi connectivity index (χ3v) is 1.96. The molecule has 1 rings (SSSR count). The fourth-order valence-electron chi connectivity index (χ4n) is 1.02. The van der Waals surface area contributed by atoms with E-state index >= 15 is 0 Å². The topological polar surface area (TPSA) is 55.7 Å². The Morgan fingerprint density at radius 1 is 1.50 bits per heavy atom. The lowest BCUT2D eigenvalue weighted by atomic mass is 10.1. The lowest BCUT2D eigenvalue weighted by molar-refractivity contribution is 0.0986. The van der Waals surface area contributed by atoms with E-state index < -0.39 is 11.3 Å². The quantitative estimate of drug-likeness (QED) is 0.334. The van der Waals surface area contributed by atoms with Gasteiger partial charge in [-0.15, -0.1) is 4.91 Å².